The third-order valence-electron chi connectivity index (χ3n) is 9.15. The Morgan fingerprint density at radius 2 is 0.760 bits per heavy atom. The summed E-state index contributed by atoms with van der Waals surface area (Å²) < 4.78 is 1.90. The van der Waals surface area contributed by atoms with Crippen LogP contribution in [-0.2, 0) is 0 Å². The molecule has 0 unspecified atom stereocenters. The van der Waals surface area contributed by atoms with Gasteiger partial charge in [-0.2, -0.15) is 0 Å². The average Bonchev–Trinajstić information content (AvgIpc) is 3.88. The number of aromatic amines is 4. The first-order valence-corrected chi connectivity index (χ1v) is 17.3. The number of hydrogen-bond acceptors (Lipinski definition) is 8. The summed E-state index contributed by atoms with van der Waals surface area (Å²) >= 11 is 22.3. The fraction of sp³-hybridized carbons (Fsp3) is 0. The van der Waals surface area contributed by atoms with Crippen LogP contribution in [0, 0.1) is 18.0 Å². The summed E-state index contributed by atoms with van der Waals surface area (Å²) in [7, 11) is 0. The van der Waals surface area contributed by atoms with Crippen molar-refractivity contribution in [3.05, 3.63) is 137 Å². The molecule has 0 spiro atoms. The molecule has 0 radical (unpaired) electrons. The van der Waals surface area contributed by atoms with E-state index in [9.17, 15) is 0 Å². The topological polar surface area (TPSA) is 113 Å². The van der Waals surface area contributed by atoms with Crippen molar-refractivity contribution in [2.75, 3.05) is 0 Å². The Balaban J connectivity index is 1.37. The number of aromatic nitrogens is 4. The Labute approximate surface area is 301 Å². The normalized spacial score (nSPS) is 12.6. The molecule has 0 aliphatic carbocycles. The summed E-state index contributed by atoms with van der Waals surface area (Å²) in [4.78, 5) is 34.7. The number of fused-ring (bicyclic) bond motifs is 20. The van der Waals surface area contributed by atoms with Crippen LogP contribution in [0.2, 0.25) is 0 Å². The van der Waals surface area contributed by atoms with Crippen molar-refractivity contribution >= 4 is 115 Å². The van der Waals surface area contributed by atoms with Gasteiger partial charge in [0.1, 0.15) is 45.2 Å². The molecule has 1 aliphatic heterocycles. The van der Waals surface area contributed by atoms with Gasteiger partial charge in [0.25, 0.3) is 0 Å². The molecule has 8 bridgehead atoms. The molecule has 0 amide bonds. The molecule has 5 aromatic carbocycles. The number of rotatable bonds is 1. The van der Waals surface area contributed by atoms with Crippen molar-refractivity contribution in [1.82, 2.24) is 19.9 Å². The maximum absolute atomic E-state index is 5.76. The van der Waals surface area contributed by atoms with Gasteiger partial charge in [-0.15, -0.1) is 0 Å². The van der Waals surface area contributed by atoms with Gasteiger partial charge in [-0.25, -0.2) is 20.0 Å². The highest BCUT2D eigenvalue weighted by atomic mass is 32.1. The van der Waals surface area contributed by atoms with Crippen LogP contribution in [0.1, 0.15) is 0 Å². The Hall–Kier alpha value is -5.66. The third kappa shape index (κ3) is 4.39. The van der Waals surface area contributed by atoms with Gasteiger partial charge in [0.15, 0.2) is 0 Å². The second-order valence-electron chi connectivity index (χ2n) is 12.0. The van der Waals surface area contributed by atoms with Crippen molar-refractivity contribution in [3.63, 3.8) is 0 Å². The van der Waals surface area contributed by atoms with Crippen LogP contribution in [0.3, 0.4) is 0 Å². The van der Waals surface area contributed by atoms with E-state index >= 15 is 0 Å². The molecule has 9 aromatic rings. The standard InChI is InChI=1S/C38H20N8S4/c47-27-16-25(28(48)30(50)29(27)49)17-13-14-24-26(15-17)38-45-36-23-12-6-5-11-22(23)34(43-36)41-32-19-8-2-1-7-18(19)31(39-32)40-33-20-9-3-4-10-21(20)35(42-33)44-37(24)46-38/h1-16H,(H4,39,40,41,42,43,44,45,46). The first-order valence-electron chi connectivity index (χ1n) is 15.7. The van der Waals surface area contributed by atoms with Crippen LogP contribution >= 0.6 is 48.9 Å². The van der Waals surface area contributed by atoms with Crippen LogP contribution in [0.5, 0.6) is 0 Å². The molecular formula is C38H20N8S4. The van der Waals surface area contributed by atoms with Gasteiger partial charge in [0, 0.05) is 48.7 Å². The Kier molecular flexibility index (Phi) is 6.39. The molecule has 0 fully saturated rings. The first-order chi connectivity index (χ1) is 24.4. The predicted molar refractivity (Wildman–Crippen MR) is 208 cm³/mol. The quantitative estimate of drug-likeness (QED) is 0.127. The van der Waals surface area contributed by atoms with Crippen molar-refractivity contribution in [3.8, 4) is 11.1 Å². The van der Waals surface area contributed by atoms with E-state index in [0.29, 0.717) is 63.3 Å². The molecule has 0 saturated carbocycles. The smallest absolute Gasteiger partial charge is 0.142 e. The fourth-order valence-corrected chi connectivity index (χ4v) is 7.77. The molecule has 50 heavy (non-hydrogen) atoms. The first kappa shape index (κ1) is 29.3. The van der Waals surface area contributed by atoms with Gasteiger partial charge >= 0.3 is 0 Å². The van der Waals surface area contributed by atoms with E-state index in [0.717, 1.165) is 54.2 Å². The maximum atomic E-state index is 5.76. The number of nitrogens with zero attached hydrogens (tertiary/aromatic N) is 4. The highest BCUT2D eigenvalue weighted by Gasteiger charge is 2.15. The van der Waals surface area contributed by atoms with Crippen molar-refractivity contribution in [2.24, 2.45) is 20.0 Å². The van der Waals surface area contributed by atoms with Crippen LogP contribution in [-0.4, -0.2) is 19.9 Å². The Bertz CT molecular complexity index is 3430. The molecule has 4 N–H and O–H groups in total. The SMILES string of the molecule is S=c1cc(-c2ccc3c4[nH]c(c3c2)=Nc2[nH]c(c3ccccc23)N=c2[nH]c(c3ccccc23)=Nc2[nH]c(c3ccccc23)N=4)c(=S)c(=S)c1=S. The predicted octanol–water partition coefficient (Wildman–Crippen LogP) is 9.19. The molecule has 1 aliphatic rings. The lowest BCUT2D eigenvalue weighted by Crippen LogP contribution is -2.10. The lowest BCUT2D eigenvalue weighted by molar-refractivity contribution is 1.08. The van der Waals surface area contributed by atoms with Crippen LogP contribution in [0.4, 0.5) is 23.3 Å². The summed E-state index contributed by atoms with van der Waals surface area (Å²) in [6.07, 6.45) is 0. The summed E-state index contributed by atoms with van der Waals surface area (Å²) in [5.41, 5.74) is 4.25. The van der Waals surface area contributed by atoms with Crippen molar-refractivity contribution in [2.45, 2.75) is 0 Å². The van der Waals surface area contributed by atoms with Gasteiger partial charge in [0.2, 0.25) is 0 Å². The van der Waals surface area contributed by atoms with Crippen LogP contribution < -0.4 is 22.0 Å². The maximum Gasteiger partial charge on any atom is 0.142 e. The number of hydrogen-bond donors (Lipinski definition) is 4. The highest BCUT2D eigenvalue weighted by molar-refractivity contribution is 7.76. The average molecular weight is 717 g/mol. The van der Waals surface area contributed by atoms with E-state index in [2.05, 4.69) is 19.9 Å². The molecule has 0 atom stereocenters. The summed E-state index contributed by atoms with van der Waals surface area (Å²) in [5, 5.41) is 7.37. The van der Waals surface area contributed by atoms with E-state index in [1.54, 1.807) is 0 Å². The molecule has 8 nitrogen and oxygen atoms in total. The molecule has 4 aromatic heterocycles. The van der Waals surface area contributed by atoms with Gasteiger partial charge in [0.05, 0.1) is 18.0 Å². The monoisotopic (exact) mass is 716 g/mol. The van der Waals surface area contributed by atoms with Crippen LogP contribution in [0.15, 0.2) is 117 Å². The van der Waals surface area contributed by atoms with Crippen molar-refractivity contribution in [1.29, 1.82) is 0 Å². The zero-order chi connectivity index (χ0) is 33.7. The van der Waals surface area contributed by atoms with Gasteiger partial charge in [-0.3, -0.25) is 0 Å². The van der Waals surface area contributed by atoms with Gasteiger partial charge < -0.3 is 19.9 Å². The van der Waals surface area contributed by atoms with E-state index in [1.165, 1.54) is 0 Å². The molecule has 12 heteroatoms. The third-order valence-corrected chi connectivity index (χ3v) is 11.1. The molecule has 0 saturated heterocycles. The minimum Gasteiger partial charge on any atom is -0.324 e. The minimum atomic E-state index is 0.431. The highest BCUT2D eigenvalue weighted by Crippen LogP contribution is 2.35. The summed E-state index contributed by atoms with van der Waals surface area (Å²) in [6, 6.07) is 32.2. The minimum absolute atomic E-state index is 0.431. The lowest BCUT2D eigenvalue weighted by Gasteiger charge is -2.02. The summed E-state index contributed by atoms with van der Waals surface area (Å²) in [5.74, 6) is 2.68. The molecule has 236 valence electrons. The summed E-state index contributed by atoms with van der Waals surface area (Å²) in [6.45, 7) is 0. The second-order valence-corrected chi connectivity index (χ2v) is 13.7. The van der Waals surface area contributed by atoms with E-state index in [4.69, 9.17) is 68.8 Å². The zero-order valence-corrected chi connectivity index (χ0v) is 28.9. The van der Waals surface area contributed by atoms with Crippen LogP contribution in [0.25, 0.3) is 54.2 Å². The van der Waals surface area contributed by atoms with E-state index < -0.39 is 0 Å². The Morgan fingerprint density at radius 1 is 0.360 bits per heavy atom. The fourth-order valence-electron chi connectivity index (χ4n) is 6.76. The van der Waals surface area contributed by atoms with E-state index in [1.807, 2.05) is 97.1 Å². The number of nitrogens with one attached hydrogen (secondary N) is 4. The van der Waals surface area contributed by atoms with Gasteiger partial charge in [-0.1, -0.05) is 128 Å². The molecule has 5 heterocycles. The Morgan fingerprint density at radius 3 is 1.22 bits per heavy atom. The number of benzene rings is 5. The van der Waals surface area contributed by atoms with Gasteiger partial charge in [-0.05, 0) is 23.8 Å². The zero-order valence-electron chi connectivity index (χ0n) is 25.7. The number of H-pyrrole nitrogens is 4. The largest absolute Gasteiger partial charge is 0.324 e. The van der Waals surface area contributed by atoms with Crippen molar-refractivity contribution < 1.29 is 0 Å². The second kappa shape index (κ2) is 10.9. The molecular weight excluding hydrogens is 697 g/mol. The van der Waals surface area contributed by atoms with E-state index in [-0.39, 0.29) is 0 Å². The lowest BCUT2D eigenvalue weighted by atomic mass is 10.0. The molecule has 10 rings (SSSR count).